The summed E-state index contributed by atoms with van der Waals surface area (Å²) in [5.74, 6) is 1.33. The first kappa shape index (κ1) is 19.7. The van der Waals surface area contributed by atoms with Crippen molar-refractivity contribution in [2.75, 3.05) is 38.6 Å². The maximum Gasteiger partial charge on any atom is 0.238 e. The highest BCUT2D eigenvalue weighted by Gasteiger charge is 2.21. The van der Waals surface area contributed by atoms with Gasteiger partial charge in [-0.2, -0.15) is 0 Å². The van der Waals surface area contributed by atoms with E-state index < -0.39 is 0 Å². The molecule has 1 fully saturated rings. The summed E-state index contributed by atoms with van der Waals surface area (Å²) in [6, 6.07) is 5.78. The normalized spacial score (nSPS) is 18.1. The molecule has 1 atom stereocenters. The number of methoxy groups -OCH3 is 1. The fraction of sp³-hybridized carbons (Fsp3) is 0.588. The predicted molar refractivity (Wildman–Crippen MR) is 96.4 cm³/mol. The third-order valence-electron chi connectivity index (χ3n) is 4.17. The molecular formula is C17H28ClN3O2. The molecule has 1 aliphatic rings. The standard InChI is InChI=1S/C17H27N3O2.ClH/c1-13-5-6-16(22-2)15(10-13)19-17(21)12-20-9-3-4-14(11-20)7-8-18;/h5-6,10,14H,3-4,7-9,11-12,18H2,1-2H3,(H,19,21);1H. The first-order valence-electron chi connectivity index (χ1n) is 7.99. The number of amides is 1. The molecule has 0 bridgehead atoms. The molecule has 5 nitrogen and oxygen atoms in total. The largest absolute Gasteiger partial charge is 0.495 e. The number of nitrogens with two attached hydrogens (primary N) is 1. The molecule has 130 valence electrons. The second kappa shape index (κ2) is 9.75. The van der Waals surface area contributed by atoms with E-state index in [1.165, 1.54) is 6.42 Å². The van der Waals surface area contributed by atoms with Crippen LogP contribution in [0, 0.1) is 12.8 Å². The van der Waals surface area contributed by atoms with Gasteiger partial charge in [0.1, 0.15) is 5.75 Å². The van der Waals surface area contributed by atoms with E-state index in [1.807, 2.05) is 25.1 Å². The monoisotopic (exact) mass is 341 g/mol. The summed E-state index contributed by atoms with van der Waals surface area (Å²) in [6.07, 6.45) is 3.41. The Bertz CT molecular complexity index is 509. The van der Waals surface area contributed by atoms with Crippen LogP contribution in [0.1, 0.15) is 24.8 Å². The summed E-state index contributed by atoms with van der Waals surface area (Å²) in [7, 11) is 1.61. The van der Waals surface area contributed by atoms with Crippen molar-refractivity contribution in [3.05, 3.63) is 23.8 Å². The summed E-state index contributed by atoms with van der Waals surface area (Å²) in [5, 5.41) is 2.97. The zero-order valence-electron chi connectivity index (χ0n) is 14.0. The van der Waals surface area contributed by atoms with Crippen molar-refractivity contribution in [2.45, 2.75) is 26.2 Å². The SMILES string of the molecule is COc1ccc(C)cc1NC(=O)CN1CCCC(CCN)C1.Cl. The molecule has 3 N–H and O–H groups in total. The Balaban J connectivity index is 0.00000264. The molecule has 2 rings (SSSR count). The van der Waals surface area contributed by atoms with E-state index in [4.69, 9.17) is 10.5 Å². The minimum absolute atomic E-state index is 0. The van der Waals surface area contributed by atoms with Crippen molar-refractivity contribution < 1.29 is 9.53 Å². The van der Waals surface area contributed by atoms with Crippen LogP contribution in [0.3, 0.4) is 0 Å². The van der Waals surface area contributed by atoms with Crippen molar-refractivity contribution in [2.24, 2.45) is 11.7 Å². The molecular weight excluding hydrogens is 314 g/mol. The van der Waals surface area contributed by atoms with Gasteiger partial charge in [0, 0.05) is 6.54 Å². The topological polar surface area (TPSA) is 67.6 Å². The summed E-state index contributed by atoms with van der Waals surface area (Å²) in [4.78, 5) is 14.5. The summed E-state index contributed by atoms with van der Waals surface area (Å²) in [5.41, 5.74) is 7.48. The van der Waals surface area contributed by atoms with Crippen LogP contribution in [0.15, 0.2) is 18.2 Å². The Morgan fingerprint density at radius 2 is 2.26 bits per heavy atom. The number of likely N-dealkylation sites (tertiary alicyclic amines) is 1. The van der Waals surface area contributed by atoms with Crippen LogP contribution >= 0.6 is 12.4 Å². The zero-order chi connectivity index (χ0) is 15.9. The molecule has 1 saturated heterocycles. The highest BCUT2D eigenvalue weighted by Crippen LogP contribution is 2.25. The Labute approximate surface area is 145 Å². The molecule has 1 aromatic rings. The fourth-order valence-corrected chi connectivity index (χ4v) is 3.08. The number of anilines is 1. The van der Waals surface area contributed by atoms with Gasteiger partial charge in [-0.15, -0.1) is 12.4 Å². The van der Waals surface area contributed by atoms with Gasteiger partial charge in [-0.25, -0.2) is 0 Å². The molecule has 1 unspecified atom stereocenters. The number of benzene rings is 1. The molecule has 0 aliphatic carbocycles. The lowest BCUT2D eigenvalue weighted by Crippen LogP contribution is -2.41. The van der Waals surface area contributed by atoms with Crippen molar-refractivity contribution in [1.82, 2.24) is 4.90 Å². The van der Waals surface area contributed by atoms with Crippen LogP contribution in [-0.2, 0) is 4.79 Å². The number of rotatable bonds is 6. The number of halogens is 1. The van der Waals surface area contributed by atoms with Gasteiger partial charge in [-0.1, -0.05) is 6.07 Å². The summed E-state index contributed by atoms with van der Waals surface area (Å²) >= 11 is 0. The second-order valence-electron chi connectivity index (χ2n) is 6.07. The van der Waals surface area contributed by atoms with Crippen LogP contribution in [0.4, 0.5) is 5.69 Å². The van der Waals surface area contributed by atoms with Gasteiger partial charge in [0.25, 0.3) is 0 Å². The second-order valence-corrected chi connectivity index (χ2v) is 6.07. The molecule has 1 amide bonds. The molecule has 0 aromatic heterocycles. The van der Waals surface area contributed by atoms with Crippen molar-refractivity contribution >= 4 is 24.0 Å². The number of carbonyl (C=O) groups excluding carboxylic acids is 1. The molecule has 1 heterocycles. The van der Waals surface area contributed by atoms with Crippen LogP contribution in [-0.4, -0.2) is 44.1 Å². The van der Waals surface area contributed by atoms with Crippen molar-refractivity contribution in [1.29, 1.82) is 0 Å². The number of carbonyl (C=O) groups is 1. The average Bonchev–Trinajstić information content (AvgIpc) is 2.48. The van der Waals surface area contributed by atoms with Gasteiger partial charge in [0.05, 0.1) is 19.3 Å². The van der Waals surface area contributed by atoms with Gasteiger partial charge < -0.3 is 15.8 Å². The Hall–Kier alpha value is -1.30. The molecule has 0 radical (unpaired) electrons. The molecule has 0 saturated carbocycles. The van der Waals surface area contributed by atoms with Crippen LogP contribution in [0.2, 0.25) is 0 Å². The first-order chi connectivity index (χ1) is 10.6. The number of hydrogen-bond acceptors (Lipinski definition) is 4. The number of ether oxygens (including phenoxy) is 1. The smallest absolute Gasteiger partial charge is 0.238 e. The number of nitrogens with one attached hydrogen (secondary N) is 1. The number of hydrogen-bond donors (Lipinski definition) is 2. The van der Waals surface area contributed by atoms with E-state index in [2.05, 4.69) is 10.2 Å². The maximum absolute atomic E-state index is 12.3. The van der Waals surface area contributed by atoms with E-state index >= 15 is 0 Å². The number of piperidine rings is 1. The predicted octanol–water partition coefficient (Wildman–Crippen LogP) is 2.42. The van der Waals surface area contributed by atoms with Gasteiger partial charge >= 0.3 is 0 Å². The highest BCUT2D eigenvalue weighted by molar-refractivity contribution is 5.93. The fourth-order valence-electron chi connectivity index (χ4n) is 3.08. The molecule has 23 heavy (non-hydrogen) atoms. The zero-order valence-corrected chi connectivity index (χ0v) is 14.8. The lowest BCUT2D eigenvalue weighted by Gasteiger charge is -2.32. The highest BCUT2D eigenvalue weighted by atomic mass is 35.5. The van der Waals surface area contributed by atoms with Crippen LogP contribution in [0.25, 0.3) is 0 Å². The first-order valence-corrected chi connectivity index (χ1v) is 7.99. The minimum Gasteiger partial charge on any atom is -0.495 e. The third kappa shape index (κ3) is 6.01. The third-order valence-corrected chi connectivity index (χ3v) is 4.17. The van der Waals surface area contributed by atoms with Crippen molar-refractivity contribution in [3.63, 3.8) is 0 Å². The van der Waals surface area contributed by atoms with E-state index in [0.717, 1.165) is 43.7 Å². The average molecular weight is 342 g/mol. The van der Waals surface area contributed by atoms with E-state index in [-0.39, 0.29) is 18.3 Å². The lowest BCUT2D eigenvalue weighted by molar-refractivity contribution is -0.117. The molecule has 1 aromatic carbocycles. The molecule has 1 aliphatic heterocycles. The summed E-state index contributed by atoms with van der Waals surface area (Å²) < 4.78 is 5.30. The summed E-state index contributed by atoms with van der Waals surface area (Å²) in [6.45, 7) is 5.11. The number of nitrogens with zero attached hydrogens (tertiary/aromatic N) is 1. The van der Waals surface area contributed by atoms with Gasteiger partial charge in [-0.05, 0) is 62.9 Å². The quantitative estimate of drug-likeness (QED) is 0.834. The van der Waals surface area contributed by atoms with E-state index in [0.29, 0.717) is 18.2 Å². The van der Waals surface area contributed by atoms with Gasteiger partial charge in [0.15, 0.2) is 0 Å². The molecule has 6 heteroatoms. The van der Waals surface area contributed by atoms with E-state index in [1.54, 1.807) is 7.11 Å². The van der Waals surface area contributed by atoms with Gasteiger partial charge in [-0.3, -0.25) is 9.69 Å². The van der Waals surface area contributed by atoms with Gasteiger partial charge in [0.2, 0.25) is 5.91 Å². The van der Waals surface area contributed by atoms with Crippen molar-refractivity contribution in [3.8, 4) is 5.75 Å². The maximum atomic E-state index is 12.3. The van der Waals surface area contributed by atoms with Crippen LogP contribution < -0.4 is 15.8 Å². The van der Waals surface area contributed by atoms with Crippen LogP contribution in [0.5, 0.6) is 5.75 Å². The minimum atomic E-state index is 0. The number of aryl methyl sites for hydroxylation is 1. The molecule has 0 spiro atoms. The van der Waals surface area contributed by atoms with E-state index in [9.17, 15) is 4.79 Å². The Morgan fingerprint density at radius 3 is 2.96 bits per heavy atom. The Morgan fingerprint density at radius 1 is 1.48 bits per heavy atom. The Kier molecular flexibility index (Phi) is 8.37. The lowest BCUT2D eigenvalue weighted by atomic mass is 9.95.